The van der Waals surface area contributed by atoms with Crippen LogP contribution in [0.4, 0.5) is 0 Å². The summed E-state index contributed by atoms with van der Waals surface area (Å²) in [6, 6.07) is 19.6. The standard InChI is InChI=1S/C26H28N4O2/c1-30-11-2-3-22(30)16-32-23-8-7-19-14-21(6-5-20(19)15-23)26-24-13-18(10-12-31-17-27)4-9-25(24)28-29-26/h4-9,13-15,17,22,27H,2-3,10-12,16H2,1H3,(H,28,29)/t22-/m1/s1. The number of aromatic nitrogens is 2. The van der Waals surface area contributed by atoms with E-state index in [1.54, 1.807) is 0 Å². The van der Waals surface area contributed by atoms with Gasteiger partial charge >= 0.3 is 0 Å². The van der Waals surface area contributed by atoms with E-state index in [4.69, 9.17) is 14.9 Å². The first kappa shape index (κ1) is 20.5. The molecule has 1 aliphatic rings. The second-order valence-electron chi connectivity index (χ2n) is 8.50. The number of benzene rings is 3. The minimum absolute atomic E-state index is 0.500. The van der Waals surface area contributed by atoms with E-state index < -0.39 is 0 Å². The molecule has 164 valence electrons. The highest BCUT2D eigenvalue weighted by molar-refractivity contribution is 5.96. The summed E-state index contributed by atoms with van der Waals surface area (Å²) in [5.41, 5.74) is 4.20. The van der Waals surface area contributed by atoms with Crippen LogP contribution in [0.5, 0.6) is 5.75 Å². The van der Waals surface area contributed by atoms with Gasteiger partial charge < -0.3 is 14.4 Å². The van der Waals surface area contributed by atoms with Crippen molar-refractivity contribution in [1.29, 1.82) is 5.41 Å². The molecule has 4 aromatic rings. The molecule has 6 nitrogen and oxygen atoms in total. The van der Waals surface area contributed by atoms with Gasteiger partial charge in [-0.05, 0) is 73.1 Å². The molecule has 0 spiro atoms. The molecular weight excluding hydrogens is 400 g/mol. The van der Waals surface area contributed by atoms with Crippen LogP contribution in [0.2, 0.25) is 0 Å². The molecule has 2 N–H and O–H groups in total. The van der Waals surface area contributed by atoms with Gasteiger partial charge in [0.25, 0.3) is 0 Å². The molecule has 6 heteroatoms. The molecule has 1 fully saturated rings. The van der Waals surface area contributed by atoms with E-state index in [0.29, 0.717) is 12.6 Å². The van der Waals surface area contributed by atoms with Gasteiger partial charge in [-0.1, -0.05) is 24.3 Å². The Morgan fingerprint density at radius 3 is 2.84 bits per heavy atom. The van der Waals surface area contributed by atoms with E-state index in [-0.39, 0.29) is 0 Å². The van der Waals surface area contributed by atoms with Crippen LogP contribution < -0.4 is 4.74 Å². The van der Waals surface area contributed by atoms with Gasteiger partial charge in [-0.15, -0.1) is 0 Å². The zero-order chi connectivity index (χ0) is 21.9. The summed E-state index contributed by atoms with van der Waals surface area (Å²) < 4.78 is 11.2. The molecule has 1 saturated heterocycles. The number of likely N-dealkylation sites (N-methyl/N-ethyl adjacent to an activating group) is 1. The largest absolute Gasteiger partial charge is 0.492 e. The Balaban J connectivity index is 1.38. The highest BCUT2D eigenvalue weighted by Gasteiger charge is 2.21. The average Bonchev–Trinajstić information content (AvgIpc) is 3.43. The maximum Gasteiger partial charge on any atom is 0.166 e. The molecule has 1 aromatic heterocycles. The number of aromatic amines is 1. The number of hydrogen-bond donors (Lipinski definition) is 2. The Morgan fingerprint density at radius 1 is 1.12 bits per heavy atom. The summed E-state index contributed by atoms with van der Waals surface area (Å²) in [5.74, 6) is 0.924. The van der Waals surface area contributed by atoms with Crippen LogP contribution in [0, 0.1) is 5.41 Å². The van der Waals surface area contributed by atoms with Crippen molar-refractivity contribution >= 4 is 28.1 Å². The first-order valence-electron chi connectivity index (χ1n) is 11.2. The number of ether oxygens (including phenoxy) is 2. The molecule has 3 aromatic carbocycles. The van der Waals surface area contributed by atoms with Crippen LogP contribution in [0.25, 0.3) is 32.9 Å². The zero-order valence-electron chi connectivity index (χ0n) is 18.3. The minimum atomic E-state index is 0.500. The molecule has 0 aliphatic carbocycles. The van der Waals surface area contributed by atoms with Gasteiger partial charge in [0.2, 0.25) is 0 Å². The SMILES string of the molecule is CN1CCC[C@@H]1COc1ccc2cc(-c3n[nH]c4ccc(CCOC=N)cc34)ccc2c1. The van der Waals surface area contributed by atoms with Crippen LogP contribution in [-0.2, 0) is 11.2 Å². The summed E-state index contributed by atoms with van der Waals surface area (Å²) in [6.07, 6.45) is 4.21. The molecule has 0 unspecified atom stereocenters. The molecule has 0 amide bonds. The summed E-state index contributed by atoms with van der Waals surface area (Å²) in [7, 11) is 2.18. The highest BCUT2D eigenvalue weighted by Crippen LogP contribution is 2.31. The Morgan fingerprint density at radius 2 is 2.00 bits per heavy atom. The van der Waals surface area contributed by atoms with Gasteiger partial charge in [0.1, 0.15) is 12.4 Å². The molecule has 1 aliphatic heterocycles. The van der Waals surface area contributed by atoms with E-state index >= 15 is 0 Å². The molecule has 5 rings (SSSR count). The lowest BCUT2D eigenvalue weighted by atomic mass is 10.0. The van der Waals surface area contributed by atoms with Gasteiger partial charge in [-0.3, -0.25) is 10.5 Å². The van der Waals surface area contributed by atoms with Gasteiger partial charge in [-0.25, -0.2) is 0 Å². The Kier molecular flexibility index (Phi) is 5.77. The third-order valence-corrected chi connectivity index (χ3v) is 6.42. The predicted octanol–water partition coefficient (Wildman–Crippen LogP) is 5.02. The predicted molar refractivity (Wildman–Crippen MR) is 129 cm³/mol. The zero-order valence-corrected chi connectivity index (χ0v) is 18.3. The summed E-state index contributed by atoms with van der Waals surface area (Å²) in [4.78, 5) is 2.38. The number of likely N-dealkylation sites (tertiary alicyclic amines) is 1. The van der Waals surface area contributed by atoms with Gasteiger partial charge in [0.05, 0.1) is 17.8 Å². The maximum atomic E-state index is 7.00. The van der Waals surface area contributed by atoms with E-state index in [2.05, 4.69) is 76.7 Å². The molecule has 32 heavy (non-hydrogen) atoms. The molecule has 0 saturated carbocycles. The molecule has 1 atom stereocenters. The Labute approximate surface area is 187 Å². The van der Waals surface area contributed by atoms with Crippen molar-refractivity contribution in [3.05, 3.63) is 60.2 Å². The average molecular weight is 429 g/mol. The molecule has 0 radical (unpaired) electrons. The molecular formula is C26H28N4O2. The highest BCUT2D eigenvalue weighted by atomic mass is 16.5. The Bertz CT molecular complexity index is 1250. The van der Waals surface area contributed by atoms with Crippen molar-refractivity contribution < 1.29 is 9.47 Å². The van der Waals surface area contributed by atoms with E-state index in [1.807, 2.05) is 0 Å². The lowest BCUT2D eigenvalue weighted by Gasteiger charge is -2.19. The summed E-state index contributed by atoms with van der Waals surface area (Å²) in [5, 5.41) is 18.2. The second-order valence-corrected chi connectivity index (χ2v) is 8.50. The number of rotatable bonds is 8. The lowest BCUT2D eigenvalue weighted by molar-refractivity contribution is 0.198. The first-order valence-corrected chi connectivity index (χ1v) is 11.2. The lowest BCUT2D eigenvalue weighted by Crippen LogP contribution is -2.30. The van der Waals surface area contributed by atoms with Gasteiger partial charge in [0, 0.05) is 23.4 Å². The fraction of sp³-hybridized carbons (Fsp3) is 0.308. The van der Waals surface area contributed by atoms with Crippen molar-refractivity contribution in [3.8, 4) is 17.0 Å². The normalized spacial score (nSPS) is 16.6. The number of H-pyrrole nitrogens is 1. The topological polar surface area (TPSA) is 74.2 Å². The van der Waals surface area contributed by atoms with Gasteiger partial charge in [0.15, 0.2) is 6.40 Å². The summed E-state index contributed by atoms with van der Waals surface area (Å²) in [6.45, 7) is 2.40. The second kappa shape index (κ2) is 9.01. The fourth-order valence-electron chi connectivity index (χ4n) is 4.52. The van der Waals surface area contributed by atoms with Crippen LogP contribution >= 0.6 is 0 Å². The van der Waals surface area contributed by atoms with E-state index in [1.165, 1.54) is 18.2 Å². The van der Waals surface area contributed by atoms with E-state index in [9.17, 15) is 0 Å². The smallest absolute Gasteiger partial charge is 0.166 e. The maximum absolute atomic E-state index is 7.00. The number of nitrogens with one attached hydrogen (secondary N) is 2. The van der Waals surface area contributed by atoms with Crippen LogP contribution in [0.15, 0.2) is 54.6 Å². The van der Waals surface area contributed by atoms with Crippen molar-refractivity contribution in [2.24, 2.45) is 0 Å². The van der Waals surface area contributed by atoms with Crippen LogP contribution in [0.1, 0.15) is 18.4 Å². The van der Waals surface area contributed by atoms with Crippen LogP contribution in [0.3, 0.4) is 0 Å². The quantitative estimate of drug-likeness (QED) is 0.235. The molecule has 0 bridgehead atoms. The first-order chi connectivity index (χ1) is 15.7. The van der Waals surface area contributed by atoms with E-state index in [0.717, 1.165) is 64.8 Å². The van der Waals surface area contributed by atoms with Crippen molar-refractivity contribution in [3.63, 3.8) is 0 Å². The summed E-state index contributed by atoms with van der Waals surface area (Å²) >= 11 is 0. The minimum Gasteiger partial charge on any atom is -0.492 e. The van der Waals surface area contributed by atoms with Gasteiger partial charge in [-0.2, -0.15) is 5.10 Å². The fourth-order valence-corrected chi connectivity index (χ4v) is 4.52. The molecule has 2 heterocycles. The monoisotopic (exact) mass is 428 g/mol. The number of nitrogens with zero attached hydrogens (tertiary/aromatic N) is 2. The number of hydrogen-bond acceptors (Lipinski definition) is 5. The van der Waals surface area contributed by atoms with Crippen molar-refractivity contribution in [2.75, 3.05) is 26.8 Å². The third-order valence-electron chi connectivity index (χ3n) is 6.42. The number of fused-ring (bicyclic) bond motifs is 2. The van der Waals surface area contributed by atoms with Crippen LogP contribution in [-0.4, -0.2) is 54.3 Å². The van der Waals surface area contributed by atoms with Crippen molar-refractivity contribution in [1.82, 2.24) is 15.1 Å². The Hall–Kier alpha value is -3.38. The third kappa shape index (κ3) is 4.18. The van der Waals surface area contributed by atoms with Crippen molar-refractivity contribution in [2.45, 2.75) is 25.3 Å².